The molecule has 3 rings (SSSR count). The summed E-state index contributed by atoms with van der Waals surface area (Å²) in [5, 5.41) is 3.08. The molecular formula is C25H26FNO3. The van der Waals surface area contributed by atoms with Crippen molar-refractivity contribution in [3.63, 3.8) is 0 Å². The molecule has 156 valence electrons. The highest BCUT2D eigenvalue weighted by atomic mass is 19.1. The van der Waals surface area contributed by atoms with Crippen LogP contribution in [0.3, 0.4) is 0 Å². The Balaban J connectivity index is 1.91. The van der Waals surface area contributed by atoms with Gasteiger partial charge in [0.1, 0.15) is 5.82 Å². The number of halogens is 1. The maximum absolute atomic E-state index is 13.2. The van der Waals surface area contributed by atoms with E-state index in [2.05, 4.69) is 5.32 Å². The lowest BCUT2D eigenvalue weighted by Gasteiger charge is -2.21. The molecule has 4 nitrogen and oxygen atoms in total. The Bertz CT molecular complexity index is 958. The van der Waals surface area contributed by atoms with E-state index >= 15 is 0 Å². The molecule has 1 amide bonds. The number of nitrogens with one attached hydrogen (secondary N) is 1. The molecule has 30 heavy (non-hydrogen) atoms. The van der Waals surface area contributed by atoms with E-state index in [0.717, 1.165) is 11.1 Å². The van der Waals surface area contributed by atoms with Crippen LogP contribution in [0.5, 0.6) is 11.5 Å². The second-order valence-corrected chi connectivity index (χ2v) is 6.79. The molecular weight excluding hydrogens is 381 g/mol. The van der Waals surface area contributed by atoms with Gasteiger partial charge in [-0.05, 0) is 67.8 Å². The van der Waals surface area contributed by atoms with Crippen molar-refractivity contribution in [3.05, 3.63) is 95.3 Å². The molecule has 0 spiro atoms. The van der Waals surface area contributed by atoms with Crippen LogP contribution in [0.1, 0.15) is 41.4 Å². The van der Waals surface area contributed by atoms with Crippen molar-refractivity contribution in [2.24, 2.45) is 0 Å². The lowest BCUT2D eigenvalue weighted by atomic mass is 9.98. The van der Waals surface area contributed by atoms with Gasteiger partial charge in [-0.15, -0.1) is 0 Å². The first-order valence-corrected chi connectivity index (χ1v) is 10.1. The van der Waals surface area contributed by atoms with Gasteiger partial charge in [0.2, 0.25) is 0 Å². The van der Waals surface area contributed by atoms with Gasteiger partial charge in [-0.3, -0.25) is 4.79 Å². The number of benzene rings is 3. The van der Waals surface area contributed by atoms with Gasteiger partial charge in [0.05, 0.1) is 19.3 Å². The molecule has 1 N–H and O–H groups in total. The Morgan fingerprint density at radius 3 is 2.23 bits per heavy atom. The standard InChI is InChI=1S/C25H26FNO3/c1-3-29-23-15-12-20(17-24(23)30-4-2)22(16-18-8-6-5-7-9-18)27-25(28)19-10-13-21(26)14-11-19/h5-15,17,22H,3-4,16H2,1-2H3,(H,27,28). The SMILES string of the molecule is CCOc1ccc(C(Cc2ccccc2)NC(=O)c2ccc(F)cc2)cc1OCC. The highest BCUT2D eigenvalue weighted by molar-refractivity contribution is 5.94. The van der Waals surface area contributed by atoms with E-state index in [0.29, 0.717) is 36.7 Å². The largest absolute Gasteiger partial charge is 0.490 e. The van der Waals surface area contributed by atoms with Gasteiger partial charge in [-0.1, -0.05) is 36.4 Å². The van der Waals surface area contributed by atoms with Gasteiger partial charge < -0.3 is 14.8 Å². The minimum Gasteiger partial charge on any atom is -0.490 e. The fourth-order valence-electron chi connectivity index (χ4n) is 3.23. The fourth-order valence-corrected chi connectivity index (χ4v) is 3.23. The third kappa shape index (κ3) is 5.60. The molecule has 3 aromatic carbocycles. The third-order valence-electron chi connectivity index (χ3n) is 4.66. The van der Waals surface area contributed by atoms with Crippen LogP contribution < -0.4 is 14.8 Å². The summed E-state index contributed by atoms with van der Waals surface area (Å²) in [7, 11) is 0. The average Bonchev–Trinajstić information content (AvgIpc) is 2.76. The summed E-state index contributed by atoms with van der Waals surface area (Å²) >= 11 is 0. The van der Waals surface area contributed by atoms with E-state index in [1.54, 1.807) is 0 Å². The highest BCUT2D eigenvalue weighted by Crippen LogP contribution is 2.32. The molecule has 0 saturated heterocycles. The number of carbonyl (C=O) groups excluding carboxylic acids is 1. The van der Waals surface area contributed by atoms with Crippen molar-refractivity contribution < 1.29 is 18.7 Å². The van der Waals surface area contributed by atoms with E-state index in [9.17, 15) is 9.18 Å². The van der Waals surface area contributed by atoms with Gasteiger partial charge in [0.15, 0.2) is 11.5 Å². The third-order valence-corrected chi connectivity index (χ3v) is 4.66. The molecule has 0 aliphatic carbocycles. The van der Waals surface area contributed by atoms with Crippen molar-refractivity contribution in [2.45, 2.75) is 26.3 Å². The topological polar surface area (TPSA) is 47.6 Å². The van der Waals surface area contributed by atoms with Gasteiger partial charge >= 0.3 is 0 Å². The maximum Gasteiger partial charge on any atom is 0.251 e. The van der Waals surface area contributed by atoms with Gasteiger partial charge in [0.25, 0.3) is 5.91 Å². The molecule has 5 heteroatoms. The van der Waals surface area contributed by atoms with Crippen LogP contribution in [0, 0.1) is 5.82 Å². The number of amides is 1. The molecule has 0 fully saturated rings. The number of hydrogen-bond donors (Lipinski definition) is 1. The number of ether oxygens (including phenoxy) is 2. The Morgan fingerprint density at radius 2 is 1.57 bits per heavy atom. The molecule has 0 aliphatic rings. The Labute approximate surface area is 176 Å². The van der Waals surface area contributed by atoms with E-state index in [1.165, 1.54) is 24.3 Å². The summed E-state index contributed by atoms with van der Waals surface area (Å²) in [5.41, 5.74) is 2.40. The molecule has 0 saturated carbocycles. The summed E-state index contributed by atoms with van der Waals surface area (Å²) in [5.74, 6) is 0.681. The molecule has 0 heterocycles. The van der Waals surface area contributed by atoms with Crippen molar-refractivity contribution in [1.29, 1.82) is 0 Å². The predicted molar refractivity (Wildman–Crippen MR) is 116 cm³/mol. The molecule has 3 aromatic rings. The van der Waals surface area contributed by atoms with E-state index in [1.807, 2.05) is 62.4 Å². The van der Waals surface area contributed by atoms with Crippen molar-refractivity contribution in [2.75, 3.05) is 13.2 Å². The van der Waals surface area contributed by atoms with E-state index in [4.69, 9.17) is 9.47 Å². The van der Waals surface area contributed by atoms with Crippen LogP contribution >= 0.6 is 0 Å². The fraction of sp³-hybridized carbons (Fsp3) is 0.240. The summed E-state index contributed by atoms with van der Waals surface area (Å²) in [6.07, 6.45) is 0.604. The first-order chi connectivity index (χ1) is 14.6. The summed E-state index contributed by atoms with van der Waals surface area (Å²) < 4.78 is 24.6. The number of rotatable bonds is 9. The van der Waals surface area contributed by atoms with Crippen LogP contribution in [0.15, 0.2) is 72.8 Å². The second kappa shape index (κ2) is 10.4. The maximum atomic E-state index is 13.2. The summed E-state index contributed by atoms with van der Waals surface area (Å²) in [6, 6.07) is 20.9. The lowest BCUT2D eigenvalue weighted by Crippen LogP contribution is -2.30. The van der Waals surface area contributed by atoms with Gasteiger partial charge in [0, 0.05) is 5.56 Å². The minimum absolute atomic E-state index is 0.261. The van der Waals surface area contributed by atoms with E-state index in [-0.39, 0.29) is 17.8 Å². The van der Waals surface area contributed by atoms with Crippen LogP contribution in [0.2, 0.25) is 0 Å². The van der Waals surface area contributed by atoms with E-state index < -0.39 is 0 Å². The Morgan fingerprint density at radius 1 is 0.900 bits per heavy atom. The number of carbonyl (C=O) groups is 1. The zero-order valence-corrected chi connectivity index (χ0v) is 17.2. The first-order valence-electron chi connectivity index (χ1n) is 10.1. The number of hydrogen-bond acceptors (Lipinski definition) is 3. The Kier molecular flexibility index (Phi) is 7.44. The second-order valence-electron chi connectivity index (χ2n) is 6.79. The van der Waals surface area contributed by atoms with Crippen LogP contribution in [-0.4, -0.2) is 19.1 Å². The molecule has 0 radical (unpaired) electrons. The highest BCUT2D eigenvalue weighted by Gasteiger charge is 2.19. The zero-order valence-electron chi connectivity index (χ0n) is 17.2. The molecule has 1 atom stereocenters. The predicted octanol–water partition coefficient (Wildman–Crippen LogP) is 5.34. The van der Waals surface area contributed by atoms with Crippen molar-refractivity contribution in [3.8, 4) is 11.5 Å². The normalized spacial score (nSPS) is 11.6. The van der Waals surface area contributed by atoms with Crippen LogP contribution in [-0.2, 0) is 6.42 Å². The molecule has 0 aromatic heterocycles. The van der Waals surface area contributed by atoms with Crippen molar-refractivity contribution >= 4 is 5.91 Å². The summed E-state index contributed by atoms with van der Waals surface area (Å²) in [6.45, 7) is 4.88. The Hall–Kier alpha value is -3.34. The zero-order chi connectivity index (χ0) is 21.3. The van der Waals surface area contributed by atoms with Crippen molar-refractivity contribution in [1.82, 2.24) is 5.32 Å². The lowest BCUT2D eigenvalue weighted by molar-refractivity contribution is 0.0936. The van der Waals surface area contributed by atoms with Gasteiger partial charge in [-0.2, -0.15) is 0 Å². The summed E-state index contributed by atoms with van der Waals surface area (Å²) in [4.78, 5) is 12.8. The van der Waals surface area contributed by atoms with Gasteiger partial charge in [-0.25, -0.2) is 4.39 Å². The average molecular weight is 407 g/mol. The smallest absolute Gasteiger partial charge is 0.251 e. The quantitative estimate of drug-likeness (QED) is 0.521. The first kappa shape index (κ1) is 21.4. The van der Waals surface area contributed by atoms with Crippen LogP contribution in [0.25, 0.3) is 0 Å². The van der Waals surface area contributed by atoms with Crippen LogP contribution in [0.4, 0.5) is 4.39 Å². The molecule has 1 unspecified atom stereocenters. The molecule has 0 aliphatic heterocycles. The minimum atomic E-state index is -0.375. The monoisotopic (exact) mass is 407 g/mol. The molecule has 0 bridgehead atoms.